The molecule has 0 saturated carbocycles. The summed E-state index contributed by atoms with van der Waals surface area (Å²) in [5.41, 5.74) is 2.36. The van der Waals surface area contributed by atoms with E-state index in [0.29, 0.717) is 28.2 Å². The summed E-state index contributed by atoms with van der Waals surface area (Å²) in [5, 5.41) is 20.1. The second-order valence-corrected chi connectivity index (χ2v) is 6.69. The van der Waals surface area contributed by atoms with Gasteiger partial charge >= 0.3 is 5.97 Å². The molecule has 0 atom stereocenters. The van der Waals surface area contributed by atoms with Crippen molar-refractivity contribution in [1.29, 1.82) is 0 Å². The van der Waals surface area contributed by atoms with Crippen molar-refractivity contribution in [1.82, 2.24) is 10.2 Å². The Morgan fingerprint density at radius 2 is 1.77 bits per heavy atom. The van der Waals surface area contributed by atoms with Crippen molar-refractivity contribution in [3.63, 3.8) is 0 Å². The Morgan fingerprint density at radius 3 is 2.48 bits per heavy atom. The van der Waals surface area contributed by atoms with Gasteiger partial charge in [-0.15, -0.1) is 0 Å². The van der Waals surface area contributed by atoms with Crippen LogP contribution in [0.4, 0.5) is 5.69 Å². The fraction of sp³-hybridized carbons (Fsp3) is 0.0870. The van der Waals surface area contributed by atoms with Crippen LogP contribution in [-0.2, 0) is 4.79 Å². The molecule has 31 heavy (non-hydrogen) atoms. The zero-order valence-electron chi connectivity index (χ0n) is 16.6. The van der Waals surface area contributed by atoms with Crippen molar-refractivity contribution in [2.24, 2.45) is 0 Å². The van der Waals surface area contributed by atoms with Crippen LogP contribution in [0.15, 0.2) is 66.7 Å². The summed E-state index contributed by atoms with van der Waals surface area (Å²) in [6.07, 6.45) is 0. The number of carboxylic acid groups (broad SMARTS) is 1. The quantitative estimate of drug-likeness (QED) is 0.420. The number of carbonyl (C=O) groups is 2. The molecule has 0 fully saturated rings. The van der Waals surface area contributed by atoms with Gasteiger partial charge in [0.15, 0.2) is 6.61 Å². The molecule has 0 radical (unpaired) electrons. The zero-order chi connectivity index (χ0) is 21.8. The highest BCUT2D eigenvalue weighted by Crippen LogP contribution is 2.32. The highest BCUT2D eigenvalue weighted by molar-refractivity contribution is 6.09. The summed E-state index contributed by atoms with van der Waals surface area (Å²) < 4.78 is 10.5. The Kier molecular flexibility index (Phi) is 5.53. The van der Waals surface area contributed by atoms with E-state index in [0.717, 1.165) is 16.7 Å². The van der Waals surface area contributed by atoms with Gasteiger partial charge in [-0.1, -0.05) is 24.3 Å². The third-order valence-electron chi connectivity index (χ3n) is 4.69. The molecule has 156 valence electrons. The smallest absolute Gasteiger partial charge is 0.341 e. The molecule has 0 spiro atoms. The van der Waals surface area contributed by atoms with Gasteiger partial charge in [0.1, 0.15) is 17.2 Å². The molecule has 0 saturated heterocycles. The number of hydrogen-bond donors (Lipinski definition) is 3. The van der Waals surface area contributed by atoms with Crippen molar-refractivity contribution in [3.05, 3.63) is 72.4 Å². The summed E-state index contributed by atoms with van der Waals surface area (Å²) in [6, 6.07) is 19.6. The Labute approximate surface area is 177 Å². The fourth-order valence-electron chi connectivity index (χ4n) is 3.18. The number of anilines is 1. The number of aromatic nitrogens is 2. The first-order valence-corrected chi connectivity index (χ1v) is 9.42. The first kappa shape index (κ1) is 20.0. The molecular weight excluding hydrogens is 398 g/mol. The number of nitrogens with zero attached hydrogens (tertiary/aromatic N) is 1. The number of rotatable bonds is 7. The molecule has 8 heteroatoms. The largest absolute Gasteiger partial charge is 0.497 e. The molecule has 0 bridgehead atoms. The molecule has 4 rings (SSSR count). The van der Waals surface area contributed by atoms with Crippen molar-refractivity contribution in [2.45, 2.75) is 0 Å². The van der Waals surface area contributed by atoms with Gasteiger partial charge < -0.3 is 19.9 Å². The number of benzene rings is 3. The van der Waals surface area contributed by atoms with Gasteiger partial charge in [0, 0.05) is 22.0 Å². The van der Waals surface area contributed by atoms with E-state index in [1.54, 1.807) is 31.4 Å². The van der Waals surface area contributed by atoms with Gasteiger partial charge in [0.2, 0.25) is 0 Å². The van der Waals surface area contributed by atoms with Crippen LogP contribution in [0.3, 0.4) is 0 Å². The minimum absolute atomic E-state index is 0.307. The molecule has 8 nitrogen and oxygen atoms in total. The van der Waals surface area contributed by atoms with Crippen LogP contribution < -0.4 is 14.8 Å². The standard InChI is InChI=1S/C23H19N3O5/c1-30-15-8-6-14(7-9-15)19-12-20(26-25-19)23(29)24-18-10-11-21(31-13-22(27)28)17-5-3-2-4-16(17)18/h2-12H,13H2,1H3,(H,24,29)(H,25,26)(H,27,28). The maximum Gasteiger partial charge on any atom is 0.341 e. The van der Waals surface area contributed by atoms with Crippen LogP contribution in [0.1, 0.15) is 10.5 Å². The maximum absolute atomic E-state index is 12.8. The van der Waals surface area contributed by atoms with Crippen LogP contribution in [0.2, 0.25) is 0 Å². The first-order chi connectivity index (χ1) is 15.0. The number of ether oxygens (including phenoxy) is 2. The Balaban J connectivity index is 1.57. The number of hydrogen-bond acceptors (Lipinski definition) is 5. The summed E-state index contributed by atoms with van der Waals surface area (Å²) in [4.78, 5) is 23.6. The molecule has 4 aromatic rings. The van der Waals surface area contributed by atoms with E-state index in [4.69, 9.17) is 14.6 Å². The van der Waals surface area contributed by atoms with Crippen molar-refractivity contribution < 1.29 is 24.2 Å². The molecule has 1 amide bonds. The highest BCUT2D eigenvalue weighted by Gasteiger charge is 2.14. The Hall–Kier alpha value is -4.33. The Bertz CT molecular complexity index is 1250. The third kappa shape index (κ3) is 4.32. The number of aliphatic carboxylic acids is 1. The van der Waals surface area contributed by atoms with E-state index < -0.39 is 12.6 Å². The predicted molar refractivity (Wildman–Crippen MR) is 116 cm³/mol. The number of amides is 1. The lowest BCUT2D eigenvalue weighted by atomic mass is 10.1. The zero-order valence-corrected chi connectivity index (χ0v) is 16.6. The number of fused-ring (bicyclic) bond motifs is 1. The molecule has 0 aliphatic heterocycles. The van der Waals surface area contributed by atoms with Crippen molar-refractivity contribution in [3.8, 4) is 22.8 Å². The average Bonchev–Trinajstić information content (AvgIpc) is 3.29. The number of nitrogens with one attached hydrogen (secondary N) is 2. The van der Waals surface area contributed by atoms with E-state index in [-0.39, 0.29) is 5.91 Å². The van der Waals surface area contributed by atoms with Gasteiger partial charge in [0.05, 0.1) is 12.8 Å². The number of H-pyrrole nitrogens is 1. The van der Waals surface area contributed by atoms with Gasteiger partial charge in [0.25, 0.3) is 5.91 Å². The molecule has 0 unspecified atom stereocenters. The minimum Gasteiger partial charge on any atom is -0.497 e. The Morgan fingerprint density at radius 1 is 1.03 bits per heavy atom. The molecule has 1 heterocycles. The molecule has 3 N–H and O–H groups in total. The monoisotopic (exact) mass is 417 g/mol. The SMILES string of the molecule is COc1ccc(-c2cc(C(=O)Nc3ccc(OCC(=O)O)c4ccccc34)[nH]n2)cc1. The van der Waals surface area contributed by atoms with Crippen molar-refractivity contribution >= 4 is 28.3 Å². The lowest BCUT2D eigenvalue weighted by Gasteiger charge is -2.12. The van der Waals surface area contributed by atoms with Crippen LogP contribution in [-0.4, -0.2) is 40.9 Å². The molecule has 0 aliphatic carbocycles. The van der Waals surface area contributed by atoms with E-state index >= 15 is 0 Å². The van der Waals surface area contributed by atoms with Gasteiger partial charge in [-0.25, -0.2) is 4.79 Å². The average molecular weight is 417 g/mol. The van der Waals surface area contributed by atoms with E-state index in [1.165, 1.54) is 0 Å². The third-order valence-corrected chi connectivity index (χ3v) is 4.69. The summed E-state index contributed by atoms with van der Waals surface area (Å²) in [6.45, 7) is -0.446. The van der Waals surface area contributed by atoms with E-state index in [9.17, 15) is 9.59 Å². The number of methoxy groups -OCH3 is 1. The van der Waals surface area contributed by atoms with Crippen LogP contribution in [0.5, 0.6) is 11.5 Å². The highest BCUT2D eigenvalue weighted by atomic mass is 16.5. The van der Waals surface area contributed by atoms with Crippen LogP contribution >= 0.6 is 0 Å². The molecular formula is C23H19N3O5. The summed E-state index contributed by atoms with van der Waals surface area (Å²) >= 11 is 0. The first-order valence-electron chi connectivity index (χ1n) is 9.42. The molecule has 3 aromatic carbocycles. The number of carbonyl (C=O) groups excluding carboxylic acids is 1. The van der Waals surface area contributed by atoms with Crippen LogP contribution in [0, 0.1) is 0 Å². The number of carboxylic acids is 1. The second kappa shape index (κ2) is 8.58. The van der Waals surface area contributed by atoms with Gasteiger partial charge in [-0.3, -0.25) is 9.89 Å². The lowest BCUT2D eigenvalue weighted by Crippen LogP contribution is -2.13. The van der Waals surface area contributed by atoms with Gasteiger partial charge in [-0.2, -0.15) is 5.10 Å². The number of aromatic amines is 1. The van der Waals surface area contributed by atoms with Gasteiger partial charge in [-0.05, 0) is 42.5 Å². The van der Waals surface area contributed by atoms with E-state index in [1.807, 2.05) is 42.5 Å². The minimum atomic E-state index is -1.06. The topological polar surface area (TPSA) is 114 Å². The molecule has 1 aromatic heterocycles. The lowest BCUT2D eigenvalue weighted by molar-refractivity contribution is -0.139. The van der Waals surface area contributed by atoms with Crippen LogP contribution in [0.25, 0.3) is 22.0 Å². The summed E-state index contributed by atoms with van der Waals surface area (Å²) in [5.74, 6) is -0.246. The van der Waals surface area contributed by atoms with E-state index in [2.05, 4.69) is 15.5 Å². The normalized spacial score (nSPS) is 10.6. The second-order valence-electron chi connectivity index (χ2n) is 6.69. The fourth-order valence-corrected chi connectivity index (χ4v) is 3.18. The van der Waals surface area contributed by atoms with Crippen molar-refractivity contribution in [2.75, 3.05) is 19.0 Å². The summed E-state index contributed by atoms with van der Waals surface area (Å²) in [7, 11) is 1.60. The predicted octanol–water partition coefficient (Wildman–Crippen LogP) is 3.95. The maximum atomic E-state index is 12.8. The molecule has 0 aliphatic rings.